The normalized spacial score (nSPS) is 13.1. The summed E-state index contributed by atoms with van der Waals surface area (Å²) in [5.74, 6) is 2.81. The second-order valence-corrected chi connectivity index (χ2v) is 19.3. The van der Waals surface area contributed by atoms with Crippen molar-refractivity contribution in [3.8, 4) is 0 Å². The third kappa shape index (κ3) is 11.3. The van der Waals surface area contributed by atoms with Crippen molar-refractivity contribution in [2.24, 2.45) is 0 Å². The van der Waals surface area contributed by atoms with Crippen molar-refractivity contribution < 1.29 is 0 Å². The highest BCUT2D eigenvalue weighted by atomic mass is 32.2. The van der Waals surface area contributed by atoms with Crippen LogP contribution in [-0.2, 0) is 0 Å². The van der Waals surface area contributed by atoms with Gasteiger partial charge < -0.3 is 0 Å². The van der Waals surface area contributed by atoms with Crippen molar-refractivity contribution in [2.75, 3.05) is 11.5 Å². The van der Waals surface area contributed by atoms with Crippen molar-refractivity contribution in [1.29, 1.82) is 0 Å². The molecule has 0 heterocycles. The summed E-state index contributed by atoms with van der Waals surface area (Å²) in [4.78, 5) is 0. The molecule has 0 aliphatic rings. The van der Waals surface area contributed by atoms with Gasteiger partial charge in [0.05, 0.1) is 0 Å². The molecule has 0 rings (SSSR count). The molecule has 0 unspecified atom stereocenters. The Labute approximate surface area is 110 Å². The quantitative estimate of drug-likeness (QED) is 0.392. The van der Waals surface area contributed by atoms with Gasteiger partial charge in [0, 0.05) is 16.1 Å². The fraction of sp³-hybridized carbons (Fsp3) is 1.00. The molecular weight excluding hydrogens is 244 g/mol. The van der Waals surface area contributed by atoms with Gasteiger partial charge in [0.25, 0.3) is 0 Å². The van der Waals surface area contributed by atoms with Crippen LogP contribution in [0.2, 0.25) is 50.9 Å². The summed E-state index contributed by atoms with van der Waals surface area (Å²) in [6, 6.07) is 4.49. The Kier molecular flexibility index (Phi) is 8.38. The first kappa shape index (κ1) is 16.8. The zero-order valence-corrected chi connectivity index (χ0v) is 15.2. The molecule has 0 fully saturated rings. The van der Waals surface area contributed by atoms with Crippen molar-refractivity contribution in [3.05, 3.63) is 0 Å². The Morgan fingerprint density at radius 1 is 0.812 bits per heavy atom. The van der Waals surface area contributed by atoms with Crippen LogP contribution < -0.4 is 0 Å². The lowest BCUT2D eigenvalue weighted by molar-refractivity contribution is 1.03. The maximum atomic E-state index is 2.53. The molecule has 0 bridgehead atoms. The van der Waals surface area contributed by atoms with Crippen LogP contribution in [0.25, 0.3) is 0 Å². The van der Waals surface area contributed by atoms with Gasteiger partial charge >= 0.3 is 0 Å². The topological polar surface area (TPSA) is 0 Å². The van der Waals surface area contributed by atoms with E-state index in [4.69, 9.17) is 0 Å². The van der Waals surface area contributed by atoms with E-state index in [-0.39, 0.29) is 0 Å². The molecule has 0 aromatic carbocycles. The molecule has 0 atom stereocenters. The van der Waals surface area contributed by atoms with Gasteiger partial charge in [-0.15, -0.1) is 0 Å². The Hall–Kier alpha value is 0.784. The molecule has 0 aliphatic carbocycles. The Bertz CT molecular complexity index is 173. The Morgan fingerprint density at radius 2 is 1.31 bits per heavy atom. The summed E-state index contributed by atoms with van der Waals surface area (Å²) < 4.78 is 0. The average Bonchev–Trinajstić information content (AvgIpc) is 2.14. The van der Waals surface area contributed by atoms with Crippen LogP contribution in [0.3, 0.4) is 0 Å². The molecule has 3 heteroatoms. The summed E-state index contributed by atoms with van der Waals surface area (Å²) in [5.41, 5.74) is 0. The average molecular weight is 277 g/mol. The first-order chi connectivity index (χ1) is 7.27. The monoisotopic (exact) mass is 276 g/mol. The molecule has 0 saturated carbocycles. The van der Waals surface area contributed by atoms with E-state index in [0.717, 1.165) is 0 Å². The summed E-state index contributed by atoms with van der Waals surface area (Å²) in [6.07, 6.45) is 2.92. The standard InChI is InChI=1S/C13H32SSi2/c1-7-16(5,6)13-9-11-14-10-8-12-15(2,3)4/h7-13H2,1-6H3. The van der Waals surface area contributed by atoms with Gasteiger partial charge in [-0.1, -0.05) is 57.8 Å². The Balaban J connectivity index is 3.29. The highest BCUT2D eigenvalue weighted by Crippen LogP contribution is 2.20. The van der Waals surface area contributed by atoms with Gasteiger partial charge in [-0.25, -0.2) is 0 Å². The van der Waals surface area contributed by atoms with Gasteiger partial charge in [0.1, 0.15) is 0 Å². The van der Waals surface area contributed by atoms with Crippen molar-refractivity contribution >= 4 is 27.9 Å². The van der Waals surface area contributed by atoms with E-state index in [0.29, 0.717) is 0 Å². The maximum Gasteiger partial charge on any atom is 0.0471 e. The van der Waals surface area contributed by atoms with E-state index in [2.05, 4.69) is 51.4 Å². The third-order valence-electron chi connectivity index (χ3n) is 3.31. The highest BCUT2D eigenvalue weighted by Gasteiger charge is 2.16. The number of hydrogen-bond acceptors (Lipinski definition) is 1. The van der Waals surface area contributed by atoms with Crippen molar-refractivity contribution in [3.63, 3.8) is 0 Å². The fourth-order valence-corrected chi connectivity index (χ4v) is 5.77. The predicted molar refractivity (Wildman–Crippen MR) is 87.5 cm³/mol. The lowest BCUT2D eigenvalue weighted by Crippen LogP contribution is -2.23. The lowest BCUT2D eigenvalue weighted by atomic mass is 10.6. The van der Waals surface area contributed by atoms with Gasteiger partial charge in [0.15, 0.2) is 0 Å². The van der Waals surface area contributed by atoms with E-state index >= 15 is 0 Å². The molecule has 0 aliphatic heterocycles. The van der Waals surface area contributed by atoms with Crippen molar-refractivity contribution in [2.45, 2.75) is 70.6 Å². The molecule has 0 N–H and O–H groups in total. The van der Waals surface area contributed by atoms with E-state index in [1.54, 1.807) is 0 Å². The molecule has 0 nitrogen and oxygen atoms in total. The molecule has 0 amide bonds. The number of rotatable bonds is 9. The van der Waals surface area contributed by atoms with Crippen LogP contribution in [0.15, 0.2) is 0 Å². The minimum Gasteiger partial charge on any atom is -0.162 e. The van der Waals surface area contributed by atoms with Gasteiger partial charge in [0.2, 0.25) is 0 Å². The summed E-state index contributed by atoms with van der Waals surface area (Å²) >= 11 is 2.19. The minimum atomic E-state index is -0.782. The highest BCUT2D eigenvalue weighted by molar-refractivity contribution is 7.99. The molecule has 0 aromatic rings. The maximum absolute atomic E-state index is 2.53. The molecule has 98 valence electrons. The summed E-state index contributed by atoms with van der Waals surface area (Å²) in [6.45, 7) is 14.9. The smallest absolute Gasteiger partial charge is 0.0471 e. The van der Waals surface area contributed by atoms with Crippen LogP contribution in [0, 0.1) is 0 Å². The fourth-order valence-electron chi connectivity index (χ4n) is 1.64. The zero-order chi connectivity index (χ0) is 12.7. The molecule has 0 saturated heterocycles. The van der Waals surface area contributed by atoms with Crippen LogP contribution in [-0.4, -0.2) is 27.7 Å². The first-order valence-corrected chi connectivity index (χ1v) is 15.1. The number of hydrogen-bond donors (Lipinski definition) is 0. The minimum absolute atomic E-state index is 0.768. The molecule has 0 spiro atoms. The molecule has 0 radical (unpaired) electrons. The number of thioether (sulfide) groups is 1. The van der Waals surface area contributed by atoms with Gasteiger partial charge in [-0.05, 0) is 24.3 Å². The predicted octanol–water partition coefficient (Wildman–Crippen LogP) is 5.57. The molecule has 0 aromatic heterocycles. The van der Waals surface area contributed by atoms with Crippen LogP contribution in [0.5, 0.6) is 0 Å². The van der Waals surface area contributed by atoms with E-state index in [1.807, 2.05) is 0 Å². The second kappa shape index (κ2) is 7.99. The van der Waals surface area contributed by atoms with Gasteiger partial charge in [-0.2, -0.15) is 11.8 Å². The van der Waals surface area contributed by atoms with Crippen LogP contribution in [0.1, 0.15) is 19.8 Å². The van der Waals surface area contributed by atoms with E-state index in [1.165, 1.54) is 42.5 Å². The van der Waals surface area contributed by atoms with Crippen LogP contribution in [0.4, 0.5) is 0 Å². The molecule has 16 heavy (non-hydrogen) atoms. The second-order valence-electron chi connectivity index (χ2n) is 6.90. The SMILES string of the molecule is CC[Si](C)(C)CCCSCCC[Si](C)(C)C. The van der Waals surface area contributed by atoms with E-state index < -0.39 is 16.1 Å². The summed E-state index contributed by atoms with van der Waals surface area (Å²) in [7, 11) is -1.55. The van der Waals surface area contributed by atoms with Crippen LogP contribution >= 0.6 is 11.8 Å². The largest absolute Gasteiger partial charge is 0.162 e. The van der Waals surface area contributed by atoms with Gasteiger partial charge in [-0.3, -0.25) is 0 Å². The Morgan fingerprint density at radius 3 is 1.75 bits per heavy atom. The van der Waals surface area contributed by atoms with E-state index in [9.17, 15) is 0 Å². The molecular formula is C13H32SSi2. The third-order valence-corrected chi connectivity index (χ3v) is 9.94. The zero-order valence-electron chi connectivity index (χ0n) is 12.4. The lowest BCUT2D eigenvalue weighted by Gasteiger charge is -2.19. The first-order valence-electron chi connectivity index (χ1n) is 6.85. The van der Waals surface area contributed by atoms with Crippen molar-refractivity contribution in [1.82, 2.24) is 0 Å². The summed E-state index contributed by atoms with van der Waals surface area (Å²) in [5, 5.41) is 0.